The highest BCUT2D eigenvalue weighted by molar-refractivity contribution is 5.93. The first-order valence-electron chi connectivity index (χ1n) is 6.44. The Hall–Kier alpha value is -2.50. The van der Waals surface area contributed by atoms with Crippen LogP contribution in [0.25, 0.3) is 0 Å². The molecule has 0 unspecified atom stereocenters. The van der Waals surface area contributed by atoms with E-state index in [1.165, 1.54) is 17.0 Å². The van der Waals surface area contributed by atoms with E-state index in [0.717, 1.165) is 12.1 Å². The lowest BCUT2D eigenvalue weighted by molar-refractivity contribution is -0.137. The van der Waals surface area contributed by atoms with Gasteiger partial charge in [0.05, 0.1) is 5.56 Å². The zero-order valence-corrected chi connectivity index (χ0v) is 12.0. The molecule has 2 rings (SSSR count). The van der Waals surface area contributed by atoms with E-state index in [-0.39, 0.29) is 5.91 Å². The van der Waals surface area contributed by atoms with Crippen LogP contribution in [0, 0.1) is 0 Å². The number of hydrogen-bond acceptors (Lipinski definition) is 2. The van der Waals surface area contributed by atoms with Gasteiger partial charge in [-0.3, -0.25) is 4.79 Å². The fourth-order valence-corrected chi connectivity index (χ4v) is 1.77. The average Bonchev–Trinajstić information content (AvgIpc) is 2.47. The lowest BCUT2D eigenvalue weighted by atomic mass is 10.2. The number of rotatable bonds is 3. The second-order valence-electron chi connectivity index (χ2n) is 4.85. The average molecular weight is 309 g/mol. The van der Waals surface area contributed by atoms with Gasteiger partial charge in [-0.15, -0.1) is 0 Å². The van der Waals surface area contributed by atoms with Crippen molar-refractivity contribution < 1.29 is 22.7 Å². The highest BCUT2D eigenvalue weighted by Gasteiger charge is 2.30. The third-order valence-electron chi connectivity index (χ3n) is 2.92. The van der Waals surface area contributed by atoms with Crippen LogP contribution in [-0.4, -0.2) is 24.9 Å². The molecule has 0 heterocycles. The van der Waals surface area contributed by atoms with Crippen LogP contribution in [0.3, 0.4) is 0 Å². The Labute approximate surface area is 125 Å². The Balaban J connectivity index is 2.09. The molecule has 2 aromatic carbocycles. The zero-order valence-electron chi connectivity index (χ0n) is 12.0. The molecule has 0 bridgehead atoms. The van der Waals surface area contributed by atoms with Gasteiger partial charge in [0, 0.05) is 19.7 Å². The predicted molar refractivity (Wildman–Crippen MR) is 76.0 cm³/mol. The van der Waals surface area contributed by atoms with Crippen LogP contribution >= 0.6 is 0 Å². The van der Waals surface area contributed by atoms with Crippen molar-refractivity contribution in [3.63, 3.8) is 0 Å². The summed E-state index contributed by atoms with van der Waals surface area (Å²) >= 11 is 0. The van der Waals surface area contributed by atoms with E-state index in [1.54, 1.807) is 38.4 Å². The normalized spacial score (nSPS) is 11.1. The number of carbonyl (C=O) groups is 1. The minimum absolute atomic E-state index is 0.138. The molecule has 0 saturated carbocycles. The SMILES string of the molecule is CN(C)C(=O)c1ccc(Oc2ccc(C(F)(F)F)cc2)cc1. The quantitative estimate of drug-likeness (QED) is 0.850. The molecule has 0 aliphatic rings. The molecule has 1 amide bonds. The third-order valence-corrected chi connectivity index (χ3v) is 2.92. The maximum atomic E-state index is 12.5. The molecule has 0 aliphatic carbocycles. The van der Waals surface area contributed by atoms with E-state index >= 15 is 0 Å². The highest BCUT2D eigenvalue weighted by Crippen LogP contribution is 2.31. The van der Waals surface area contributed by atoms with Crippen LogP contribution in [0.2, 0.25) is 0 Å². The van der Waals surface area contributed by atoms with Gasteiger partial charge in [0.15, 0.2) is 0 Å². The molecule has 2 aromatic rings. The molecule has 6 heteroatoms. The first-order valence-corrected chi connectivity index (χ1v) is 6.44. The topological polar surface area (TPSA) is 29.5 Å². The number of alkyl halides is 3. The van der Waals surface area contributed by atoms with Crippen molar-refractivity contribution in [1.82, 2.24) is 4.90 Å². The molecule has 116 valence electrons. The van der Waals surface area contributed by atoms with E-state index in [0.29, 0.717) is 17.1 Å². The number of amides is 1. The number of hydrogen-bond donors (Lipinski definition) is 0. The van der Waals surface area contributed by atoms with Gasteiger partial charge in [-0.25, -0.2) is 0 Å². The van der Waals surface area contributed by atoms with Crippen molar-refractivity contribution >= 4 is 5.91 Å². The summed E-state index contributed by atoms with van der Waals surface area (Å²) in [5.41, 5.74) is -0.225. The number of halogens is 3. The Bertz CT molecular complexity index is 647. The molecule has 0 fully saturated rings. The lowest BCUT2D eigenvalue weighted by Gasteiger charge is -2.11. The molecule has 0 radical (unpaired) electrons. The summed E-state index contributed by atoms with van der Waals surface area (Å²) in [6.45, 7) is 0. The number of carbonyl (C=O) groups excluding carboxylic acids is 1. The van der Waals surface area contributed by atoms with Crippen molar-refractivity contribution in [1.29, 1.82) is 0 Å². The van der Waals surface area contributed by atoms with Crippen LogP contribution in [-0.2, 0) is 6.18 Å². The first kappa shape index (κ1) is 15.9. The molecule has 0 atom stereocenters. The summed E-state index contributed by atoms with van der Waals surface area (Å²) in [7, 11) is 3.30. The van der Waals surface area contributed by atoms with Crippen molar-refractivity contribution in [3.8, 4) is 11.5 Å². The van der Waals surface area contributed by atoms with Gasteiger partial charge in [-0.2, -0.15) is 13.2 Å². The van der Waals surface area contributed by atoms with Gasteiger partial charge >= 0.3 is 6.18 Å². The van der Waals surface area contributed by atoms with E-state index < -0.39 is 11.7 Å². The smallest absolute Gasteiger partial charge is 0.416 e. The summed E-state index contributed by atoms with van der Waals surface area (Å²) in [4.78, 5) is 13.2. The molecule has 0 aliphatic heterocycles. The second-order valence-corrected chi connectivity index (χ2v) is 4.85. The molecular formula is C16H14F3NO2. The zero-order chi connectivity index (χ0) is 16.3. The van der Waals surface area contributed by atoms with Gasteiger partial charge in [-0.1, -0.05) is 0 Å². The Morgan fingerprint density at radius 2 is 1.36 bits per heavy atom. The van der Waals surface area contributed by atoms with Gasteiger partial charge < -0.3 is 9.64 Å². The van der Waals surface area contributed by atoms with Crippen LogP contribution in [0.1, 0.15) is 15.9 Å². The minimum atomic E-state index is -4.37. The van der Waals surface area contributed by atoms with Crippen molar-refractivity contribution in [3.05, 3.63) is 59.7 Å². The molecular weight excluding hydrogens is 295 g/mol. The largest absolute Gasteiger partial charge is 0.457 e. The van der Waals surface area contributed by atoms with Crippen molar-refractivity contribution in [2.24, 2.45) is 0 Å². The maximum Gasteiger partial charge on any atom is 0.416 e. The molecule has 0 saturated heterocycles. The summed E-state index contributed by atoms with van der Waals surface area (Å²) < 4.78 is 42.8. The fourth-order valence-electron chi connectivity index (χ4n) is 1.77. The Morgan fingerprint density at radius 3 is 1.77 bits per heavy atom. The summed E-state index contributed by atoms with van der Waals surface area (Å²) in [6.07, 6.45) is -4.37. The van der Waals surface area contributed by atoms with Gasteiger partial charge in [-0.05, 0) is 48.5 Å². The molecule has 0 N–H and O–H groups in total. The third kappa shape index (κ3) is 3.78. The first-order chi connectivity index (χ1) is 10.3. The van der Waals surface area contributed by atoms with Crippen LogP contribution < -0.4 is 4.74 Å². The number of ether oxygens (including phenoxy) is 1. The highest BCUT2D eigenvalue weighted by atomic mass is 19.4. The van der Waals surface area contributed by atoms with E-state index in [9.17, 15) is 18.0 Å². The van der Waals surface area contributed by atoms with E-state index in [4.69, 9.17) is 4.74 Å². The summed E-state index contributed by atoms with van der Waals surface area (Å²) in [6, 6.07) is 10.8. The van der Waals surface area contributed by atoms with Gasteiger partial charge in [0.25, 0.3) is 5.91 Å². The minimum Gasteiger partial charge on any atom is -0.457 e. The van der Waals surface area contributed by atoms with Gasteiger partial charge in [0.2, 0.25) is 0 Å². The molecule has 22 heavy (non-hydrogen) atoms. The number of benzene rings is 2. The molecule has 0 spiro atoms. The summed E-state index contributed by atoms with van der Waals surface area (Å²) in [5.74, 6) is 0.593. The molecule has 0 aromatic heterocycles. The van der Waals surface area contributed by atoms with E-state index in [2.05, 4.69) is 0 Å². The van der Waals surface area contributed by atoms with Crippen LogP contribution in [0.5, 0.6) is 11.5 Å². The molecule has 3 nitrogen and oxygen atoms in total. The monoisotopic (exact) mass is 309 g/mol. The van der Waals surface area contributed by atoms with Crippen molar-refractivity contribution in [2.45, 2.75) is 6.18 Å². The Kier molecular flexibility index (Phi) is 4.40. The predicted octanol–water partition coefficient (Wildman–Crippen LogP) is 4.20. The summed E-state index contributed by atoms with van der Waals surface area (Å²) in [5, 5.41) is 0. The second kappa shape index (κ2) is 6.09. The fraction of sp³-hybridized carbons (Fsp3) is 0.188. The van der Waals surface area contributed by atoms with Crippen LogP contribution in [0.4, 0.5) is 13.2 Å². The van der Waals surface area contributed by atoms with Crippen molar-refractivity contribution in [2.75, 3.05) is 14.1 Å². The standard InChI is InChI=1S/C16H14F3NO2/c1-20(2)15(21)11-3-7-13(8-4-11)22-14-9-5-12(6-10-14)16(17,18)19/h3-10H,1-2H3. The van der Waals surface area contributed by atoms with E-state index in [1.807, 2.05) is 0 Å². The number of nitrogens with zero attached hydrogens (tertiary/aromatic N) is 1. The lowest BCUT2D eigenvalue weighted by Crippen LogP contribution is -2.21. The van der Waals surface area contributed by atoms with Gasteiger partial charge in [0.1, 0.15) is 11.5 Å². The maximum absolute atomic E-state index is 12.5. The Morgan fingerprint density at radius 1 is 0.909 bits per heavy atom. The van der Waals surface area contributed by atoms with Crippen LogP contribution in [0.15, 0.2) is 48.5 Å².